The number of nitrogens with one attached hydrogen (secondary N) is 1. The van der Waals surface area contributed by atoms with Crippen LogP contribution >= 0.6 is 0 Å². The van der Waals surface area contributed by atoms with Crippen LogP contribution in [0.5, 0.6) is 0 Å². The molecule has 1 fully saturated rings. The topological polar surface area (TPSA) is 53.4 Å². The van der Waals surface area contributed by atoms with Crippen LogP contribution in [0.4, 0.5) is 0 Å². The largest absolute Gasteiger partial charge is 0.303 e. The predicted octanol–water partition coefficient (Wildman–Crippen LogP) is 0.832. The molecule has 90 valence electrons. The third kappa shape index (κ3) is 1.76. The smallest absolute Gasteiger partial charge is 0.271 e. The summed E-state index contributed by atoms with van der Waals surface area (Å²) in [5.41, 5.74) is 0.661. The normalized spacial score (nSPS) is 21.4. The summed E-state index contributed by atoms with van der Waals surface area (Å²) in [7, 11) is 0. The summed E-state index contributed by atoms with van der Waals surface area (Å²) < 4.78 is 1.52. The third-order valence-corrected chi connectivity index (χ3v) is 3.50. The highest BCUT2D eigenvalue weighted by Crippen LogP contribution is 2.24. The van der Waals surface area contributed by atoms with Gasteiger partial charge in [-0.05, 0) is 25.6 Å². The molecular formula is C12H16N4O. The SMILES string of the molecule is CCN1CCC(c2nc3cccc(=O)n3[nH]2)C1. The van der Waals surface area contributed by atoms with Crippen molar-refractivity contribution in [3.8, 4) is 0 Å². The second-order valence-corrected chi connectivity index (χ2v) is 4.55. The summed E-state index contributed by atoms with van der Waals surface area (Å²) in [5, 5.41) is 3.12. The molecule has 1 aliphatic rings. The fourth-order valence-electron chi connectivity index (χ4n) is 2.47. The van der Waals surface area contributed by atoms with E-state index >= 15 is 0 Å². The number of likely N-dealkylation sites (N-methyl/N-ethyl adjacent to an activating group) is 1. The van der Waals surface area contributed by atoms with Gasteiger partial charge >= 0.3 is 0 Å². The van der Waals surface area contributed by atoms with Crippen molar-refractivity contribution in [3.63, 3.8) is 0 Å². The number of nitrogens with zero attached hydrogens (tertiary/aromatic N) is 3. The van der Waals surface area contributed by atoms with Gasteiger partial charge in [-0.2, -0.15) is 0 Å². The molecule has 0 saturated carbocycles. The zero-order valence-corrected chi connectivity index (χ0v) is 9.89. The van der Waals surface area contributed by atoms with Crippen LogP contribution in [0.2, 0.25) is 0 Å². The van der Waals surface area contributed by atoms with Gasteiger partial charge in [0.25, 0.3) is 5.56 Å². The first-order chi connectivity index (χ1) is 8.28. The molecule has 0 bridgehead atoms. The quantitative estimate of drug-likeness (QED) is 0.834. The highest BCUT2D eigenvalue weighted by atomic mass is 16.1. The highest BCUT2D eigenvalue weighted by molar-refractivity contribution is 5.36. The Morgan fingerprint density at radius 1 is 1.53 bits per heavy atom. The van der Waals surface area contributed by atoms with E-state index in [1.54, 1.807) is 12.1 Å². The summed E-state index contributed by atoms with van der Waals surface area (Å²) in [4.78, 5) is 18.5. The molecule has 17 heavy (non-hydrogen) atoms. The molecule has 0 radical (unpaired) electrons. The minimum atomic E-state index is -0.0494. The summed E-state index contributed by atoms with van der Waals surface area (Å²) in [6.45, 7) is 5.40. The number of hydrogen-bond acceptors (Lipinski definition) is 3. The second kappa shape index (κ2) is 4.00. The Morgan fingerprint density at radius 3 is 3.12 bits per heavy atom. The van der Waals surface area contributed by atoms with E-state index in [-0.39, 0.29) is 5.56 Å². The molecule has 0 aromatic carbocycles. The van der Waals surface area contributed by atoms with E-state index in [1.807, 2.05) is 6.07 Å². The first-order valence-corrected chi connectivity index (χ1v) is 6.08. The van der Waals surface area contributed by atoms with E-state index < -0.39 is 0 Å². The van der Waals surface area contributed by atoms with Crippen LogP contribution in [0.25, 0.3) is 5.65 Å². The first kappa shape index (κ1) is 10.5. The first-order valence-electron chi connectivity index (χ1n) is 6.08. The molecule has 2 aromatic heterocycles. The standard InChI is InChI=1S/C12H16N4O/c1-2-15-7-6-9(8-15)12-13-10-4-3-5-11(17)16(10)14-12/h3-5,9H,2,6-8H2,1H3,(H,13,14). The molecule has 1 unspecified atom stereocenters. The zero-order valence-electron chi connectivity index (χ0n) is 9.89. The van der Waals surface area contributed by atoms with Crippen LogP contribution in [0.1, 0.15) is 25.1 Å². The minimum Gasteiger partial charge on any atom is -0.303 e. The van der Waals surface area contributed by atoms with Gasteiger partial charge < -0.3 is 4.90 Å². The molecular weight excluding hydrogens is 216 g/mol. The van der Waals surface area contributed by atoms with E-state index in [2.05, 4.69) is 21.9 Å². The van der Waals surface area contributed by atoms with Crippen molar-refractivity contribution in [3.05, 3.63) is 34.4 Å². The Labute approximate surface area is 99.1 Å². The molecule has 5 heteroatoms. The average molecular weight is 232 g/mol. The van der Waals surface area contributed by atoms with Gasteiger partial charge in [-0.1, -0.05) is 13.0 Å². The number of aromatic nitrogens is 3. The Bertz CT molecular complexity index is 585. The van der Waals surface area contributed by atoms with E-state index in [9.17, 15) is 4.79 Å². The van der Waals surface area contributed by atoms with Crippen LogP contribution < -0.4 is 5.56 Å². The van der Waals surface area contributed by atoms with Crippen molar-refractivity contribution in [1.29, 1.82) is 0 Å². The van der Waals surface area contributed by atoms with Crippen molar-refractivity contribution in [2.24, 2.45) is 0 Å². The fourth-order valence-corrected chi connectivity index (χ4v) is 2.47. The average Bonchev–Trinajstić information content (AvgIpc) is 2.95. The predicted molar refractivity (Wildman–Crippen MR) is 65.3 cm³/mol. The maximum absolute atomic E-state index is 11.6. The van der Waals surface area contributed by atoms with Crippen molar-refractivity contribution in [1.82, 2.24) is 19.5 Å². The maximum atomic E-state index is 11.6. The van der Waals surface area contributed by atoms with E-state index in [4.69, 9.17) is 0 Å². The lowest BCUT2D eigenvalue weighted by Gasteiger charge is -2.11. The number of rotatable bonds is 2. The highest BCUT2D eigenvalue weighted by Gasteiger charge is 2.25. The molecule has 1 aliphatic heterocycles. The van der Waals surface area contributed by atoms with Gasteiger partial charge in [0.15, 0.2) is 5.65 Å². The molecule has 1 saturated heterocycles. The zero-order chi connectivity index (χ0) is 11.8. The van der Waals surface area contributed by atoms with E-state index in [0.717, 1.165) is 31.9 Å². The number of H-pyrrole nitrogens is 1. The molecule has 1 N–H and O–H groups in total. The Balaban J connectivity index is 1.97. The van der Waals surface area contributed by atoms with Crippen molar-refractivity contribution in [2.75, 3.05) is 19.6 Å². The number of hydrogen-bond donors (Lipinski definition) is 1. The van der Waals surface area contributed by atoms with Crippen LogP contribution in [-0.2, 0) is 0 Å². The van der Waals surface area contributed by atoms with Crippen LogP contribution in [0.3, 0.4) is 0 Å². The minimum absolute atomic E-state index is 0.0494. The van der Waals surface area contributed by atoms with Crippen molar-refractivity contribution < 1.29 is 0 Å². The maximum Gasteiger partial charge on any atom is 0.271 e. The molecule has 2 aromatic rings. The molecule has 3 rings (SSSR count). The number of fused-ring (bicyclic) bond motifs is 1. The molecule has 0 amide bonds. The fraction of sp³-hybridized carbons (Fsp3) is 0.500. The summed E-state index contributed by atoms with van der Waals surface area (Å²) in [6.07, 6.45) is 1.11. The Morgan fingerprint density at radius 2 is 2.41 bits per heavy atom. The van der Waals surface area contributed by atoms with Crippen LogP contribution in [0, 0.1) is 0 Å². The summed E-state index contributed by atoms with van der Waals surface area (Å²) in [6, 6.07) is 5.14. The van der Waals surface area contributed by atoms with Crippen LogP contribution in [-0.4, -0.2) is 39.1 Å². The van der Waals surface area contributed by atoms with Crippen LogP contribution in [0.15, 0.2) is 23.0 Å². The van der Waals surface area contributed by atoms with Gasteiger partial charge in [-0.25, -0.2) is 9.50 Å². The number of likely N-dealkylation sites (tertiary alicyclic amines) is 1. The summed E-state index contributed by atoms with van der Waals surface area (Å²) in [5.74, 6) is 1.36. The molecule has 0 aliphatic carbocycles. The van der Waals surface area contributed by atoms with Gasteiger partial charge in [-0.3, -0.25) is 9.89 Å². The van der Waals surface area contributed by atoms with Gasteiger partial charge in [0.05, 0.1) is 0 Å². The second-order valence-electron chi connectivity index (χ2n) is 4.55. The lowest BCUT2D eigenvalue weighted by Crippen LogP contribution is -2.19. The molecule has 3 heterocycles. The molecule has 5 nitrogen and oxygen atoms in total. The van der Waals surface area contributed by atoms with Gasteiger partial charge in [0.2, 0.25) is 0 Å². The number of pyridine rings is 1. The number of aromatic amines is 1. The molecule has 0 spiro atoms. The summed E-state index contributed by atoms with van der Waals surface area (Å²) >= 11 is 0. The van der Waals surface area contributed by atoms with E-state index in [1.165, 1.54) is 4.52 Å². The lowest BCUT2D eigenvalue weighted by atomic mass is 10.1. The van der Waals surface area contributed by atoms with Gasteiger partial charge in [0.1, 0.15) is 5.82 Å². The Hall–Kier alpha value is -1.62. The van der Waals surface area contributed by atoms with Gasteiger partial charge in [0, 0.05) is 18.5 Å². The van der Waals surface area contributed by atoms with E-state index in [0.29, 0.717) is 11.6 Å². The van der Waals surface area contributed by atoms with Crippen molar-refractivity contribution >= 4 is 5.65 Å². The monoisotopic (exact) mass is 232 g/mol. The van der Waals surface area contributed by atoms with Crippen molar-refractivity contribution in [2.45, 2.75) is 19.3 Å². The molecule has 1 atom stereocenters. The Kier molecular flexibility index (Phi) is 2.48. The lowest BCUT2D eigenvalue weighted by molar-refractivity contribution is 0.352. The third-order valence-electron chi connectivity index (χ3n) is 3.50. The van der Waals surface area contributed by atoms with Gasteiger partial charge in [-0.15, -0.1) is 0 Å².